The topological polar surface area (TPSA) is 87.2 Å². The maximum atomic E-state index is 12.1. The second-order valence-electron chi connectivity index (χ2n) is 4.18. The van der Waals surface area contributed by atoms with Crippen LogP contribution < -0.4 is 5.73 Å². The molecule has 0 radical (unpaired) electrons. The molecule has 1 aromatic rings. The Bertz CT molecular complexity index is 509. The number of nitrogens with one attached hydrogen (secondary N) is 1. The Kier molecular flexibility index (Phi) is 4.86. The van der Waals surface area contributed by atoms with Gasteiger partial charge in [-0.05, 0) is 24.1 Å². The number of sulfonamides is 1. The van der Waals surface area contributed by atoms with Gasteiger partial charge >= 0.3 is 0 Å². The molecule has 5 nitrogen and oxygen atoms in total. The van der Waals surface area contributed by atoms with E-state index in [1.165, 1.54) is 7.05 Å². The van der Waals surface area contributed by atoms with Gasteiger partial charge in [0, 0.05) is 7.05 Å². The van der Waals surface area contributed by atoms with E-state index < -0.39 is 10.0 Å². The lowest BCUT2D eigenvalue weighted by Crippen LogP contribution is -2.35. The summed E-state index contributed by atoms with van der Waals surface area (Å²) in [6.45, 7) is 1.98. The van der Waals surface area contributed by atoms with Crippen LogP contribution in [0.1, 0.15) is 18.9 Å². The number of nitrogens with zero attached hydrogens (tertiary/aromatic N) is 1. The van der Waals surface area contributed by atoms with Crippen LogP contribution in [-0.2, 0) is 16.4 Å². The second kappa shape index (κ2) is 5.97. The Labute approximate surface area is 108 Å². The van der Waals surface area contributed by atoms with Gasteiger partial charge in [0.2, 0.25) is 10.0 Å². The zero-order valence-corrected chi connectivity index (χ0v) is 11.5. The average molecular weight is 269 g/mol. The number of benzene rings is 1. The second-order valence-corrected chi connectivity index (χ2v) is 6.23. The van der Waals surface area contributed by atoms with Crippen molar-refractivity contribution >= 4 is 15.9 Å². The third-order valence-electron chi connectivity index (χ3n) is 2.56. The van der Waals surface area contributed by atoms with Crippen molar-refractivity contribution in [3.05, 3.63) is 29.8 Å². The van der Waals surface area contributed by atoms with Crippen molar-refractivity contribution in [1.82, 2.24) is 4.31 Å². The summed E-state index contributed by atoms with van der Waals surface area (Å²) in [5.74, 6) is -0.177. The van der Waals surface area contributed by atoms with Crippen LogP contribution in [0.4, 0.5) is 0 Å². The molecule has 0 aliphatic rings. The monoisotopic (exact) mass is 269 g/mol. The molecule has 0 heterocycles. The first-order valence-corrected chi connectivity index (χ1v) is 7.20. The Morgan fingerprint density at radius 2 is 1.89 bits per heavy atom. The fourth-order valence-electron chi connectivity index (χ4n) is 1.62. The molecule has 18 heavy (non-hydrogen) atoms. The van der Waals surface area contributed by atoms with E-state index in [0.29, 0.717) is 0 Å². The average Bonchev–Trinajstić information content (AvgIpc) is 2.29. The van der Waals surface area contributed by atoms with Crippen molar-refractivity contribution in [2.45, 2.75) is 24.7 Å². The van der Waals surface area contributed by atoms with E-state index in [2.05, 4.69) is 6.92 Å². The number of hydrogen-bond donors (Lipinski definition) is 2. The highest BCUT2D eigenvalue weighted by Crippen LogP contribution is 2.15. The number of likely N-dealkylation sites (N-methyl/N-ethyl adjacent to an activating group) is 1. The lowest BCUT2D eigenvalue weighted by Gasteiger charge is -2.16. The minimum Gasteiger partial charge on any atom is -0.387 e. The highest BCUT2D eigenvalue weighted by Gasteiger charge is 2.20. The molecule has 3 N–H and O–H groups in total. The normalized spacial score (nSPS) is 11.7. The van der Waals surface area contributed by atoms with Gasteiger partial charge in [0.1, 0.15) is 5.84 Å². The summed E-state index contributed by atoms with van der Waals surface area (Å²) in [7, 11) is -2.14. The summed E-state index contributed by atoms with van der Waals surface area (Å²) in [5.41, 5.74) is 6.33. The van der Waals surface area contributed by atoms with Crippen molar-refractivity contribution in [2.75, 3.05) is 13.6 Å². The van der Waals surface area contributed by atoms with E-state index in [-0.39, 0.29) is 17.3 Å². The first-order chi connectivity index (χ1) is 8.37. The van der Waals surface area contributed by atoms with Crippen molar-refractivity contribution in [3.63, 3.8) is 0 Å². The van der Waals surface area contributed by atoms with Crippen molar-refractivity contribution < 1.29 is 8.42 Å². The number of nitrogens with two attached hydrogens (primary N) is 1. The summed E-state index contributed by atoms with van der Waals surface area (Å²) < 4.78 is 25.3. The molecule has 0 spiro atoms. The third-order valence-corrected chi connectivity index (χ3v) is 4.38. The zero-order valence-electron chi connectivity index (χ0n) is 10.7. The van der Waals surface area contributed by atoms with Crippen molar-refractivity contribution in [1.29, 1.82) is 5.41 Å². The molecule has 100 valence electrons. The Morgan fingerprint density at radius 1 is 1.33 bits per heavy atom. The standard InChI is InChI=1S/C12H19N3O2S/c1-3-4-10-5-7-11(8-6-10)18(16,17)15(2)9-12(13)14/h5-8H,3-4,9H2,1-2H3,(H3,13,14). The Morgan fingerprint density at radius 3 is 2.33 bits per heavy atom. The fourth-order valence-corrected chi connectivity index (χ4v) is 2.77. The van der Waals surface area contributed by atoms with Gasteiger partial charge in [0.05, 0.1) is 11.4 Å². The molecule has 0 atom stereocenters. The predicted molar refractivity (Wildman–Crippen MR) is 72.2 cm³/mol. The van der Waals surface area contributed by atoms with Gasteiger partial charge in [-0.25, -0.2) is 8.42 Å². The third kappa shape index (κ3) is 3.54. The lowest BCUT2D eigenvalue weighted by atomic mass is 10.1. The molecule has 0 saturated heterocycles. The molecule has 0 saturated carbocycles. The van der Waals surface area contributed by atoms with Crippen molar-refractivity contribution in [2.24, 2.45) is 5.73 Å². The Balaban J connectivity index is 2.94. The molecule has 6 heteroatoms. The number of aryl methyl sites for hydroxylation is 1. The van der Waals surface area contributed by atoms with Crippen LogP contribution in [0.5, 0.6) is 0 Å². The van der Waals surface area contributed by atoms with Gasteiger partial charge in [0.15, 0.2) is 0 Å². The highest BCUT2D eigenvalue weighted by molar-refractivity contribution is 7.89. The first-order valence-electron chi connectivity index (χ1n) is 5.76. The van der Waals surface area contributed by atoms with E-state index in [1.54, 1.807) is 12.1 Å². The number of hydrogen-bond acceptors (Lipinski definition) is 3. The van der Waals surface area contributed by atoms with Crippen LogP contribution in [0.2, 0.25) is 0 Å². The first kappa shape index (κ1) is 14.7. The maximum Gasteiger partial charge on any atom is 0.243 e. The smallest absolute Gasteiger partial charge is 0.243 e. The summed E-state index contributed by atoms with van der Waals surface area (Å²) in [5, 5.41) is 7.13. The van der Waals surface area contributed by atoms with E-state index >= 15 is 0 Å². The predicted octanol–water partition coefficient (Wildman–Crippen LogP) is 1.20. The minimum atomic E-state index is -3.55. The SMILES string of the molecule is CCCc1ccc(S(=O)(=O)N(C)CC(=N)N)cc1. The summed E-state index contributed by atoms with van der Waals surface area (Å²) in [4.78, 5) is 0.228. The molecule has 0 aromatic heterocycles. The Hall–Kier alpha value is -1.40. The fraction of sp³-hybridized carbons (Fsp3) is 0.417. The quantitative estimate of drug-likeness (QED) is 0.601. The highest BCUT2D eigenvalue weighted by atomic mass is 32.2. The zero-order chi connectivity index (χ0) is 13.8. The molecular formula is C12H19N3O2S. The van der Waals surface area contributed by atoms with E-state index in [1.807, 2.05) is 12.1 Å². The van der Waals surface area contributed by atoms with Crippen LogP contribution >= 0.6 is 0 Å². The van der Waals surface area contributed by atoms with E-state index in [0.717, 1.165) is 22.7 Å². The van der Waals surface area contributed by atoms with Gasteiger partial charge in [0.25, 0.3) is 0 Å². The molecule has 1 rings (SSSR count). The molecular weight excluding hydrogens is 250 g/mol. The van der Waals surface area contributed by atoms with Gasteiger partial charge in [-0.2, -0.15) is 4.31 Å². The van der Waals surface area contributed by atoms with Gasteiger partial charge < -0.3 is 5.73 Å². The summed E-state index contributed by atoms with van der Waals surface area (Å²) >= 11 is 0. The molecule has 0 unspecified atom stereocenters. The molecule has 1 aromatic carbocycles. The van der Waals surface area contributed by atoms with Gasteiger partial charge in [-0.15, -0.1) is 0 Å². The van der Waals surface area contributed by atoms with E-state index in [9.17, 15) is 8.42 Å². The minimum absolute atomic E-state index is 0.0982. The van der Waals surface area contributed by atoms with Crippen molar-refractivity contribution in [3.8, 4) is 0 Å². The van der Waals surface area contributed by atoms with Crippen LogP contribution in [0.3, 0.4) is 0 Å². The number of amidine groups is 1. The van der Waals surface area contributed by atoms with Crippen LogP contribution in [-0.4, -0.2) is 32.2 Å². The molecule has 0 aliphatic carbocycles. The largest absolute Gasteiger partial charge is 0.387 e. The van der Waals surface area contributed by atoms with Gasteiger partial charge in [-0.1, -0.05) is 25.5 Å². The maximum absolute atomic E-state index is 12.1. The molecule has 0 amide bonds. The van der Waals surface area contributed by atoms with Crippen LogP contribution in [0.25, 0.3) is 0 Å². The number of rotatable bonds is 6. The summed E-state index contributed by atoms with van der Waals surface area (Å²) in [6, 6.07) is 6.82. The van der Waals surface area contributed by atoms with E-state index in [4.69, 9.17) is 11.1 Å². The van der Waals surface area contributed by atoms with Crippen LogP contribution in [0, 0.1) is 5.41 Å². The van der Waals surface area contributed by atoms with Crippen LogP contribution in [0.15, 0.2) is 29.2 Å². The summed E-state index contributed by atoms with van der Waals surface area (Å²) in [6.07, 6.45) is 1.96. The molecule has 0 fully saturated rings. The van der Waals surface area contributed by atoms with Gasteiger partial charge in [-0.3, -0.25) is 5.41 Å². The molecule has 0 aliphatic heterocycles. The molecule has 0 bridgehead atoms. The lowest BCUT2D eigenvalue weighted by molar-refractivity contribution is 0.504.